The lowest BCUT2D eigenvalue weighted by atomic mass is 10.3. The van der Waals surface area contributed by atoms with Gasteiger partial charge in [0.2, 0.25) is 11.8 Å². The first kappa shape index (κ1) is 22.6. The number of nitrogens with one attached hydrogen (secondary N) is 2. The van der Waals surface area contributed by atoms with Crippen molar-refractivity contribution in [3.05, 3.63) is 20.8 Å². The van der Waals surface area contributed by atoms with E-state index in [0.29, 0.717) is 0 Å². The van der Waals surface area contributed by atoms with Crippen LogP contribution in [0.3, 0.4) is 0 Å². The van der Waals surface area contributed by atoms with Gasteiger partial charge in [0.05, 0.1) is 0 Å². The maximum atomic E-state index is 13.4. The van der Waals surface area contributed by atoms with Crippen LogP contribution >= 0.6 is 0 Å². The molecule has 0 aliphatic rings. The minimum atomic E-state index is -3.79. The number of nitrogens with zero attached hydrogens (tertiary/aromatic N) is 4. The largest absolute Gasteiger partial charge is 0.759 e. The Morgan fingerprint density at radius 2 is 1.04 bits per heavy atom. The number of hydrogen-bond donors (Lipinski definition) is 6. The zero-order valence-corrected chi connectivity index (χ0v) is 11.7. The summed E-state index contributed by atoms with van der Waals surface area (Å²) in [6.07, 6.45) is -2.38. The summed E-state index contributed by atoms with van der Waals surface area (Å²) in [7, 11) is 0. The zero-order chi connectivity index (χ0) is 19.1. The summed E-state index contributed by atoms with van der Waals surface area (Å²) in [4.78, 5) is 11.2. The molecule has 0 aliphatic heterocycles. The summed E-state index contributed by atoms with van der Waals surface area (Å²) >= 11 is 0. The van der Waals surface area contributed by atoms with Gasteiger partial charge < -0.3 is 52.3 Å². The van der Waals surface area contributed by atoms with E-state index in [1.165, 1.54) is 0 Å². The lowest BCUT2D eigenvalue weighted by Crippen LogP contribution is -2.53. The Bertz CT molecular complexity index is 351. The Balaban J connectivity index is 4.29. The second-order valence-corrected chi connectivity index (χ2v) is 4.21. The molecule has 15 nitrogen and oxygen atoms in total. The summed E-state index contributed by atoms with van der Waals surface area (Å²) in [6, 6.07) is -1.17. The number of rotatable bonds is 10. The maximum Gasteiger partial charge on any atom is 0.314 e. The van der Waals surface area contributed by atoms with E-state index in [1.807, 2.05) is 10.6 Å². The zero-order valence-electron chi connectivity index (χ0n) is 11.7. The van der Waals surface area contributed by atoms with Gasteiger partial charge in [0.25, 0.3) is 0 Å². The summed E-state index contributed by atoms with van der Waals surface area (Å²) in [6.45, 7) is -1.55. The van der Waals surface area contributed by atoms with Crippen molar-refractivity contribution >= 4 is 6.03 Å². The molecule has 0 saturated carbocycles. The van der Waals surface area contributed by atoms with E-state index in [-0.39, 0.29) is 0 Å². The van der Waals surface area contributed by atoms with E-state index in [1.54, 1.807) is 0 Å². The van der Waals surface area contributed by atoms with Gasteiger partial charge in [0.1, 0.15) is 0 Å². The first-order valence-corrected chi connectivity index (χ1v) is 5.92. The maximum absolute atomic E-state index is 13.4. The van der Waals surface area contributed by atoms with Crippen molar-refractivity contribution in [2.75, 3.05) is 13.1 Å². The highest BCUT2D eigenvalue weighted by atomic mass is 19.2. The highest BCUT2D eigenvalue weighted by Crippen LogP contribution is 2.22. The average Bonchev–Trinajstić information content (AvgIpc) is 2.45. The van der Waals surface area contributed by atoms with Gasteiger partial charge in [-0.05, 0) is 0 Å². The smallest absolute Gasteiger partial charge is 0.314 e. The summed E-state index contributed by atoms with van der Waals surface area (Å²) < 4.78 is 26.9. The molecule has 24 heavy (non-hydrogen) atoms. The fraction of sp³-hybridized carbons (Fsp3) is 0.857. The fourth-order valence-corrected chi connectivity index (χ4v) is 1.26. The predicted octanol–water partition coefficient (Wildman–Crippen LogP) is -0.932. The van der Waals surface area contributed by atoms with Gasteiger partial charge in [0.15, 0.2) is 0 Å². The lowest BCUT2D eigenvalue weighted by molar-refractivity contribution is -0.325. The number of hydroxylamine groups is 8. The SMILES string of the molecule is O=C(NCCC(F)(N([O-])O)N([O-])O)NCCC(F)(N([O-])O)N([O-])O. The average molecular weight is 364 g/mol. The van der Waals surface area contributed by atoms with Crippen LogP contribution in [-0.4, -0.2) is 72.7 Å². The molecular weight excluding hydrogens is 350 g/mol. The van der Waals surface area contributed by atoms with E-state index >= 15 is 0 Å². The molecule has 0 aliphatic carbocycles. The normalized spacial score (nSPS) is 13.2. The summed E-state index contributed by atoms with van der Waals surface area (Å²) in [5, 5.41) is 72.8. The molecule has 2 amide bonds. The quantitative estimate of drug-likeness (QED) is 0.156. The van der Waals surface area contributed by atoms with Crippen molar-refractivity contribution in [3.8, 4) is 0 Å². The monoisotopic (exact) mass is 364 g/mol. The fourth-order valence-electron chi connectivity index (χ4n) is 1.26. The van der Waals surface area contributed by atoms with Crippen molar-refractivity contribution < 1.29 is 34.4 Å². The molecule has 0 saturated heterocycles. The van der Waals surface area contributed by atoms with Crippen LogP contribution < -0.4 is 10.6 Å². The van der Waals surface area contributed by atoms with Crippen molar-refractivity contribution in [1.82, 2.24) is 31.5 Å². The first-order chi connectivity index (χ1) is 10.9. The van der Waals surface area contributed by atoms with Crippen LogP contribution in [0.2, 0.25) is 0 Å². The lowest BCUT2D eigenvalue weighted by Gasteiger charge is -2.44. The molecule has 144 valence electrons. The Morgan fingerprint density at radius 1 is 0.792 bits per heavy atom. The molecule has 0 atom stereocenters. The number of halogens is 2. The minimum absolute atomic E-state index is 0.775. The van der Waals surface area contributed by atoms with Crippen molar-refractivity contribution in [2.24, 2.45) is 0 Å². The standard InChI is InChI=1S/C7H14F2N6O9/c8-6(12(17)18,13(19)20)1-3-10-5(16)11-4-2-7(9,14(21)22)15(23)24/h17,19,21,23H,1-4H2,(H2,10,11,16)/q-4. The molecule has 0 rings (SSSR count). The number of hydrogen-bond acceptors (Lipinski definition) is 13. The van der Waals surface area contributed by atoms with Crippen molar-refractivity contribution in [2.45, 2.75) is 24.7 Å². The molecule has 6 N–H and O–H groups in total. The molecule has 0 aromatic rings. The number of amides is 2. The first-order valence-electron chi connectivity index (χ1n) is 5.92. The van der Waals surface area contributed by atoms with Crippen LogP contribution in [0.15, 0.2) is 0 Å². The third kappa shape index (κ3) is 5.94. The molecular formula is C7H14F2N6O9-4. The molecule has 0 bridgehead atoms. The molecule has 0 spiro atoms. The summed E-state index contributed by atoms with van der Waals surface area (Å²) in [5.74, 6) is -7.58. The van der Waals surface area contributed by atoms with Crippen LogP contribution in [0.5, 0.6) is 0 Å². The second-order valence-electron chi connectivity index (χ2n) is 4.21. The Labute approximate surface area is 132 Å². The number of alkyl halides is 2. The van der Waals surface area contributed by atoms with Gasteiger partial charge >= 0.3 is 6.03 Å². The van der Waals surface area contributed by atoms with Gasteiger partial charge in [-0.25, -0.2) is 34.5 Å². The Morgan fingerprint density at radius 3 is 1.25 bits per heavy atom. The van der Waals surface area contributed by atoms with E-state index in [2.05, 4.69) is 0 Å². The van der Waals surface area contributed by atoms with E-state index in [9.17, 15) is 34.4 Å². The van der Waals surface area contributed by atoms with Gasteiger partial charge in [-0.2, -0.15) is 0 Å². The van der Waals surface area contributed by atoms with E-state index in [0.717, 1.165) is 0 Å². The molecule has 0 unspecified atom stereocenters. The van der Waals surface area contributed by atoms with E-state index < -0.39 is 64.7 Å². The van der Waals surface area contributed by atoms with Gasteiger partial charge in [-0.3, -0.25) is 0 Å². The number of carbonyl (C=O) groups excluding carboxylic acids is 1. The van der Waals surface area contributed by atoms with Crippen LogP contribution in [0, 0.1) is 20.8 Å². The molecule has 0 radical (unpaired) electrons. The van der Waals surface area contributed by atoms with Crippen LogP contribution in [-0.2, 0) is 0 Å². The molecule has 17 heteroatoms. The van der Waals surface area contributed by atoms with Crippen LogP contribution in [0.4, 0.5) is 13.6 Å². The van der Waals surface area contributed by atoms with Gasteiger partial charge in [-0.15, -0.1) is 0 Å². The highest BCUT2D eigenvalue weighted by Gasteiger charge is 2.34. The number of carbonyl (C=O) groups is 1. The van der Waals surface area contributed by atoms with Crippen LogP contribution in [0.1, 0.15) is 12.8 Å². The van der Waals surface area contributed by atoms with Crippen molar-refractivity contribution in [1.29, 1.82) is 0 Å². The minimum Gasteiger partial charge on any atom is -0.759 e. The topological polar surface area (TPSA) is 227 Å². The third-order valence-corrected chi connectivity index (χ3v) is 2.63. The van der Waals surface area contributed by atoms with Crippen LogP contribution in [0.25, 0.3) is 0 Å². The van der Waals surface area contributed by atoms with Gasteiger partial charge in [-0.1, -0.05) is 0 Å². The number of urea groups is 1. The molecule has 0 fully saturated rings. The molecule has 0 heterocycles. The molecule has 0 aromatic carbocycles. The van der Waals surface area contributed by atoms with E-state index in [4.69, 9.17) is 20.8 Å². The highest BCUT2D eigenvalue weighted by molar-refractivity contribution is 5.73. The predicted molar refractivity (Wildman–Crippen MR) is 66.3 cm³/mol. The molecule has 0 aromatic heterocycles. The second kappa shape index (κ2) is 9.22. The van der Waals surface area contributed by atoms with Gasteiger partial charge in [0, 0.05) is 25.9 Å². The summed E-state index contributed by atoms with van der Waals surface area (Å²) in [5.41, 5.74) is 0. The van der Waals surface area contributed by atoms with Crippen molar-refractivity contribution in [3.63, 3.8) is 0 Å². The third-order valence-electron chi connectivity index (χ3n) is 2.63. The Kier molecular flexibility index (Phi) is 8.70. The Hall–Kier alpha value is -1.35.